The van der Waals surface area contributed by atoms with Gasteiger partial charge in [0.25, 0.3) is 0 Å². The normalized spacial score (nSPS) is 28.6. The maximum atomic E-state index is 4.85. The van der Waals surface area contributed by atoms with Crippen LogP contribution in [0.5, 0.6) is 0 Å². The summed E-state index contributed by atoms with van der Waals surface area (Å²) in [5, 5.41) is 5.02. The molecule has 3 rings (SSSR count). The van der Waals surface area contributed by atoms with Gasteiger partial charge in [-0.2, -0.15) is 0 Å². The first-order valence-electron chi connectivity index (χ1n) is 7.42. The molecule has 1 N–H and O–H groups in total. The van der Waals surface area contributed by atoms with Gasteiger partial charge < -0.3 is 5.32 Å². The molecule has 100 valence electrons. The number of thiazole rings is 1. The van der Waals surface area contributed by atoms with Gasteiger partial charge in [0.2, 0.25) is 0 Å². The van der Waals surface area contributed by atoms with Crippen molar-refractivity contribution in [2.24, 2.45) is 5.92 Å². The fraction of sp³-hybridized carbons (Fsp3) is 0.800. The fourth-order valence-electron chi connectivity index (χ4n) is 2.97. The summed E-state index contributed by atoms with van der Waals surface area (Å²) < 4.78 is 0. The van der Waals surface area contributed by atoms with Crippen LogP contribution in [0.15, 0.2) is 0 Å². The molecule has 2 fully saturated rings. The molecule has 0 spiro atoms. The van der Waals surface area contributed by atoms with E-state index in [2.05, 4.69) is 19.2 Å². The summed E-state index contributed by atoms with van der Waals surface area (Å²) in [6.07, 6.45) is 8.24. The Morgan fingerprint density at radius 1 is 1.28 bits per heavy atom. The van der Waals surface area contributed by atoms with E-state index in [1.807, 2.05) is 11.3 Å². The number of nitrogens with one attached hydrogen (secondary N) is 1. The van der Waals surface area contributed by atoms with Crippen LogP contribution < -0.4 is 5.32 Å². The molecule has 2 aliphatic carbocycles. The van der Waals surface area contributed by atoms with Crippen LogP contribution in [0.2, 0.25) is 0 Å². The van der Waals surface area contributed by atoms with Gasteiger partial charge in [0.15, 0.2) is 0 Å². The highest BCUT2D eigenvalue weighted by molar-refractivity contribution is 7.11. The molecule has 0 aliphatic heterocycles. The van der Waals surface area contributed by atoms with Gasteiger partial charge in [0.05, 0.1) is 10.7 Å². The van der Waals surface area contributed by atoms with Crippen molar-refractivity contribution < 1.29 is 0 Å². The minimum atomic E-state index is 0.743. The smallest absolute Gasteiger partial charge is 0.0962 e. The molecule has 2 atom stereocenters. The average Bonchev–Trinajstić information content (AvgIpc) is 3.10. The van der Waals surface area contributed by atoms with Gasteiger partial charge in [0, 0.05) is 23.4 Å². The van der Waals surface area contributed by atoms with Crippen molar-refractivity contribution in [2.45, 2.75) is 70.9 Å². The lowest BCUT2D eigenvalue weighted by Gasteiger charge is -2.24. The molecule has 18 heavy (non-hydrogen) atoms. The Hall–Kier alpha value is -0.410. The molecule has 3 heteroatoms. The standard InChI is InChI=1S/C15H24N2S/c1-10-4-3-5-12(8-10)15-17-11(2)14(18-15)9-16-13-6-7-13/h10,12-13,16H,3-9H2,1-2H3. The van der Waals surface area contributed by atoms with Crippen LogP contribution in [0.1, 0.15) is 66.9 Å². The van der Waals surface area contributed by atoms with Crippen LogP contribution in [0.4, 0.5) is 0 Å². The number of aromatic nitrogens is 1. The van der Waals surface area contributed by atoms with Crippen molar-refractivity contribution in [1.29, 1.82) is 0 Å². The number of nitrogens with zero attached hydrogens (tertiary/aromatic N) is 1. The highest BCUT2D eigenvalue weighted by atomic mass is 32.1. The molecule has 2 unspecified atom stereocenters. The average molecular weight is 264 g/mol. The van der Waals surface area contributed by atoms with Crippen LogP contribution in [0.3, 0.4) is 0 Å². The summed E-state index contributed by atoms with van der Waals surface area (Å²) in [5.41, 5.74) is 1.27. The highest BCUT2D eigenvalue weighted by Crippen LogP contribution is 2.38. The number of rotatable bonds is 4. The molecule has 0 radical (unpaired) electrons. The first kappa shape index (κ1) is 12.6. The van der Waals surface area contributed by atoms with Gasteiger partial charge in [-0.3, -0.25) is 0 Å². The van der Waals surface area contributed by atoms with Gasteiger partial charge >= 0.3 is 0 Å². The third-order valence-corrected chi connectivity index (χ3v) is 5.64. The molecule has 0 bridgehead atoms. The molecule has 2 aliphatic rings. The zero-order chi connectivity index (χ0) is 12.5. The van der Waals surface area contributed by atoms with Crippen molar-refractivity contribution >= 4 is 11.3 Å². The quantitative estimate of drug-likeness (QED) is 0.889. The summed E-state index contributed by atoms with van der Waals surface area (Å²) in [4.78, 5) is 6.31. The fourth-order valence-corrected chi connectivity index (χ4v) is 4.14. The van der Waals surface area contributed by atoms with Crippen LogP contribution in [-0.2, 0) is 6.54 Å². The SMILES string of the molecule is Cc1nc(C2CCCC(C)C2)sc1CNC1CC1. The second kappa shape index (κ2) is 5.30. The predicted octanol–water partition coefficient (Wildman–Crippen LogP) is 4.00. The zero-order valence-electron chi connectivity index (χ0n) is 11.5. The summed E-state index contributed by atoms with van der Waals surface area (Å²) in [6, 6.07) is 0.796. The minimum absolute atomic E-state index is 0.743. The van der Waals surface area contributed by atoms with Crippen molar-refractivity contribution in [1.82, 2.24) is 10.3 Å². The summed E-state index contributed by atoms with van der Waals surface area (Å²) in [6.45, 7) is 5.61. The van der Waals surface area contributed by atoms with Gasteiger partial charge in [-0.15, -0.1) is 11.3 Å². The van der Waals surface area contributed by atoms with Crippen molar-refractivity contribution in [2.75, 3.05) is 0 Å². The number of aryl methyl sites for hydroxylation is 1. The second-order valence-electron chi connectivity index (χ2n) is 6.18. The summed E-state index contributed by atoms with van der Waals surface area (Å²) in [5.74, 6) is 1.63. The Labute approximate surface area is 114 Å². The lowest BCUT2D eigenvalue weighted by molar-refractivity contribution is 0.343. The highest BCUT2D eigenvalue weighted by Gasteiger charge is 2.25. The molecule has 0 saturated heterocycles. The van der Waals surface area contributed by atoms with E-state index >= 15 is 0 Å². The summed E-state index contributed by atoms with van der Waals surface area (Å²) in [7, 11) is 0. The van der Waals surface area contributed by atoms with Crippen LogP contribution in [0.25, 0.3) is 0 Å². The van der Waals surface area contributed by atoms with Crippen LogP contribution >= 0.6 is 11.3 Å². The van der Waals surface area contributed by atoms with Gasteiger partial charge in [-0.1, -0.05) is 19.8 Å². The first-order chi connectivity index (χ1) is 8.72. The number of hydrogen-bond acceptors (Lipinski definition) is 3. The molecule has 0 amide bonds. The molecule has 2 nitrogen and oxygen atoms in total. The third kappa shape index (κ3) is 2.94. The third-order valence-electron chi connectivity index (χ3n) is 4.32. The van der Waals surface area contributed by atoms with Crippen molar-refractivity contribution in [3.05, 3.63) is 15.6 Å². The summed E-state index contributed by atoms with van der Waals surface area (Å²) >= 11 is 1.96. The Morgan fingerprint density at radius 2 is 2.11 bits per heavy atom. The van der Waals surface area contributed by atoms with E-state index in [0.29, 0.717) is 0 Å². The second-order valence-corrected chi connectivity index (χ2v) is 7.30. The van der Waals surface area contributed by atoms with Crippen LogP contribution in [-0.4, -0.2) is 11.0 Å². The molecule has 1 heterocycles. The monoisotopic (exact) mass is 264 g/mol. The molecule has 2 saturated carbocycles. The Balaban J connectivity index is 1.66. The number of hydrogen-bond donors (Lipinski definition) is 1. The van der Waals surface area contributed by atoms with E-state index < -0.39 is 0 Å². The maximum Gasteiger partial charge on any atom is 0.0962 e. The first-order valence-corrected chi connectivity index (χ1v) is 8.23. The van der Waals surface area contributed by atoms with Crippen molar-refractivity contribution in [3.8, 4) is 0 Å². The minimum Gasteiger partial charge on any atom is -0.309 e. The maximum absolute atomic E-state index is 4.85. The van der Waals surface area contributed by atoms with Gasteiger partial charge in [-0.05, 0) is 38.5 Å². The Kier molecular flexibility index (Phi) is 3.71. The largest absolute Gasteiger partial charge is 0.309 e. The van der Waals surface area contributed by atoms with E-state index in [1.54, 1.807) is 0 Å². The predicted molar refractivity (Wildman–Crippen MR) is 77.1 cm³/mol. The van der Waals surface area contributed by atoms with E-state index in [9.17, 15) is 0 Å². The lowest BCUT2D eigenvalue weighted by atomic mass is 9.83. The van der Waals surface area contributed by atoms with E-state index in [1.165, 1.54) is 54.1 Å². The lowest BCUT2D eigenvalue weighted by Crippen LogP contribution is -2.14. The Bertz CT molecular complexity index is 409. The van der Waals surface area contributed by atoms with Crippen molar-refractivity contribution in [3.63, 3.8) is 0 Å². The molecule has 1 aromatic heterocycles. The van der Waals surface area contributed by atoms with E-state index in [4.69, 9.17) is 4.98 Å². The van der Waals surface area contributed by atoms with E-state index in [0.717, 1.165) is 24.4 Å². The van der Waals surface area contributed by atoms with Gasteiger partial charge in [0.1, 0.15) is 0 Å². The molecule has 0 aromatic carbocycles. The van der Waals surface area contributed by atoms with Crippen LogP contribution in [0, 0.1) is 12.8 Å². The molecule has 1 aromatic rings. The van der Waals surface area contributed by atoms with Gasteiger partial charge in [-0.25, -0.2) is 4.98 Å². The van der Waals surface area contributed by atoms with E-state index in [-0.39, 0.29) is 0 Å². The Morgan fingerprint density at radius 3 is 2.83 bits per heavy atom. The molecular formula is C15H24N2S. The topological polar surface area (TPSA) is 24.9 Å². The molecular weight excluding hydrogens is 240 g/mol. The zero-order valence-corrected chi connectivity index (χ0v) is 12.4.